The van der Waals surface area contributed by atoms with E-state index in [4.69, 9.17) is 10.2 Å². The number of hydrogen-bond acceptors (Lipinski definition) is 6. The van der Waals surface area contributed by atoms with Gasteiger partial charge < -0.3 is 10.2 Å². The van der Waals surface area contributed by atoms with Gasteiger partial charge in [-0.15, -0.1) is 0 Å². The first-order chi connectivity index (χ1) is 9.41. The monoisotopic (exact) mass is 316 g/mol. The van der Waals surface area contributed by atoms with E-state index in [0.717, 1.165) is 0 Å². The number of nitrogen functional groups attached to an aromatic ring is 1. The van der Waals surface area contributed by atoms with Crippen LogP contribution >= 0.6 is 0 Å². The first-order valence-corrected chi connectivity index (χ1v) is 9.30. The van der Waals surface area contributed by atoms with Gasteiger partial charge in [-0.2, -0.15) is 0 Å². The molecule has 1 atom stereocenters. The number of benzene rings is 1. The van der Waals surface area contributed by atoms with Gasteiger partial charge in [0.2, 0.25) is 0 Å². The van der Waals surface area contributed by atoms with Gasteiger partial charge in [-0.1, -0.05) is 6.92 Å². The molecule has 8 heteroatoms. The predicted octanol–water partition coefficient (Wildman–Crippen LogP) is 1.34. The highest BCUT2D eigenvalue weighted by molar-refractivity contribution is 7.91. The third-order valence-electron chi connectivity index (χ3n) is 2.81. The molecular weight excluding hydrogens is 300 g/mol. The summed E-state index contributed by atoms with van der Waals surface area (Å²) in [6.45, 7) is 1.59. The normalized spacial score (nSPS) is 13.7. The Morgan fingerprint density at radius 3 is 2.85 bits per heavy atom. The van der Waals surface area contributed by atoms with Gasteiger partial charge in [0, 0.05) is 17.2 Å². The molecule has 0 aliphatic rings. The van der Waals surface area contributed by atoms with E-state index in [0.29, 0.717) is 23.2 Å². The molecule has 1 aromatic carbocycles. The molecular formula is C12H16N2O4S2. The maximum absolute atomic E-state index is 12.0. The molecule has 0 spiro atoms. The van der Waals surface area contributed by atoms with Gasteiger partial charge in [0.25, 0.3) is 5.22 Å². The molecule has 2 N–H and O–H groups in total. The fraction of sp³-hybridized carbons (Fsp3) is 0.417. The molecule has 0 amide bonds. The zero-order valence-electron chi connectivity index (χ0n) is 11.0. The van der Waals surface area contributed by atoms with Gasteiger partial charge >= 0.3 is 0 Å². The summed E-state index contributed by atoms with van der Waals surface area (Å²) in [6.07, 6.45) is 0.323. The highest BCUT2D eigenvalue weighted by Crippen LogP contribution is 2.20. The summed E-state index contributed by atoms with van der Waals surface area (Å²) < 4.78 is 40.1. The molecule has 0 bridgehead atoms. The Labute approximate surface area is 119 Å². The van der Waals surface area contributed by atoms with Crippen molar-refractivity contribution in [2.45, 2.75) is 18.6 Å². The van der Waals surface area contributed by atoms with Crippen LogP contribution < -0.4 is 5.73 Å². The largest absolute Gasteiger partial charge is 0.430 e. The van der Waals surface area contributed by atoms with Crippen molar-refractivity contribution in [1.29, 1.82) is 0 Å². The van der Waals surface area contributed by atoms with E-state index in [1.807, 2.05) is 0 Å². The third kappa shape index (κ3) is 3.57. The topological polar surface area (TPSA) is 103 Å². The van der Waals surface area contributed by atoms with E-state index in [1.54, 1.807) is 25.1 Å². The Bertz CT molecular complexity index is 737. The smallest absolute Gasteiger partial charge is 0.287 e. The Balaban J connectivity index is 2.04. The van der Waals surface area contributed by atoms with Gasteiger partial charge in [0.05, 0.1) is 5.75 Å². The minimum atomic E-state index is -3.03. The Hall–Kier alpha value is -1.41. The van der Waals surface area contributed by atoms with Crippen LogP contribution in [0, 0.1) is 0 Å². The molecule has 2 aromatic rings. The number of hydrogen-bond donors (Lipinski definition) is 1. The summed E-state index contributed by atoms with van der Waals surface area (Å²) in [4.78, 5) is 4.11. The van der Waals surface area contributed by atoms with E-state index in [-0.39, 0.29) is 22.5 Å². The fourth-order valence-corrected chi connectivity index (χ4v) is 3.68. The van der Waals surface area contributed by atoms with Gasteiger partial charge in [0.1, 0.15) is 26.2 Å². The number of aromatic nitrogens is 1. The Morgan fingerprint density at radius 2 is 2.15 bits per heavy atom. The van der Waals surface area contributed by atoms with Crippen molar-refractivity contribution in [3.05, 3.63) is 18.2 Å². The first-order valence-electron chi connectivity index (χ1n) is 6.16. The third-order valence-corrected chi connectivity index (χ3v) is 5.83. The summed E-state index contributed by atoms with van der Waals surface area (Å²) >= 11 is 0. The number of fused-ring (bicyclic) bond motifs is 1. The van der Waals surface area contributed by atoms with Crippen molar-refractivity contribution < 1.29 is 17.0 Å². The van der Waals surface area contributed by atoms with Crippen molar-refractivity contribution in [2.75, 3.05) is 23.0 Å². The Kier molecular flexibility index (Phi) is 4.44. The lowest BCUT2D eigenvalue weighted by Crippen LogP contribution is -2.11. The molecule has 0 saturated heterocycles. The maximum Gasteiger partial charge on any atom is 0.287 e. The number of nitrogens with two attached hydrogens (primary N) is 1. The predicted molar refractivity (Wildman–Crippen MR) is 78.6 cm³/mol. The second-order valence-corrected chi connectivity index (χ2v) is 8.27. The van der Waals surface area contributed by atoms with Crippen LogP contribution in [0.4, 0.5) is 5.69 Å². The standard InChI is InChI=1S/C12H16N2O4S2/c1-2-20(16,17)7-3-6-19(15)12-14-10-8-9(13)4-5-11(10)18-12/h4-5,8H,2-3,6-7,13H2,1H3. The summed E-state index contributed by atoms with van der Waals surface area (Å²) in [5.74, 6) is 0.339. The van der Waals surface area contributed by atoms with Crippen LogP contribution in [-0.2, 0) is 20.6 Å². The van der Waals surface area contributed by atoms with Gasteiger partial charge in [-0.05, 0) is 24.6 Å². The van der Waals surface area contributed by atoms with Crippen LogP contribution in [-0.4, -0.2) is 34.9 Å². The average Bonchev–Trinajstić information content (AvgIpc) is 2.81. The highest BCUT2D eigenvalue weighted by atomic mass is 32.2. The molecule has 1 unspecified atom stereocenters. The number of sulfone groups is 1. The van der Waals surface area contributed by atoms with E-state index in [9.17, 15) is 12.6 Å². The van der Waals surface area contributed by atoms with Crippen LogP contribution in [0.3, 0.4) is 0 Å². The number of oxazole rings is 1. The lowest BCUT2D eigenvalue weighted by atomic mass is 10.3. The summed E-state index contributed by atoms with van der Waals surface area (Å²) in [6, 6.07) is 4.98. The van der Waals surface area contributed by atoms with Crippen LogP contribution in [0.1, 0.15) is 13.3 Å². The van der Waals surface area contributed by atoms with Crippen molar-refractivity contribution in [3.63, 3.8) is 0 Å². The summed E-state index contributed by atoms with van der Waals surface area (Å²) in [5, 5.41) is 0.111. The molecule has 0 fully saturated rings. The number of rotatable bonds is 6. The molecule has 0 saturated carbocycles. The fourth-order valence-electron chi connectivity index (χ4n) is 1.66. The molecule has 1 aromatic heterocycles. The van der Waals surface area contributed by atoms with Crippen molar-refractivity contribution >= 4 is 37.4 Å². The first kappa shape index (κ1) is 15.0. The van der Waals surface area contributed by atoms with Gasteiger partial charge in [-0.3, -0.25) is 0 Å². The molecule has 0 aliphatic carbocycles. The van der Waals surface area contributed by atoms with E-state index >= 15 is 0 Å². The van der Waals surface area contributed by atoms with E-state index < -0.39 is 20.6 Å². The number of nitrogens with zero attached hydrogens (tertiary/aromatic N) is 1. The van der Waals surface area contributed by atoms with Crippen LogP contribution in [0.5, 0.6) is 0 Å². The zero-order chi connectivity index (χ0) is 14.8. The molecule has 0 aliphatic heterocycles. The summed E-state index contributed by atoms with van der Waals surface area (Å²) in [5.41, 5.74) is 7.25. The molecule has 0 radical (unpaired) electrons. The minimum absolute atomic E-state index is 0.0302. The second kappa shape index (κ2) is 5.92. The lowest BCUT2D eigenvalue weighted by Gasteiger charge is -1.99. The lowest BCUT2D eigenvalue weighted by molar-refractivity contribution is 0.477. The highest BCUT2D eigenvalue weighted by Gasteiger charge is 2.14. The average molecular weight is 316 g/mol. The van der Waals surface area contributed by atoms with Crippen molar-refractivity contribution in [3.8, 4) is 0 Å². The van der Waals surface area contributed by atoms with E-state index in [2.05, 4.69) is 4.98 Å². The van der Waals surface area contributed by atoms with Crippen molar-refractivity contribution in [1.82, 2.24) is 4.98 Å². The molecule has 2 rings (SSSR count). The van der Waals surface area contributed by atoms with Crippen LogP contribution in [0.15, 0.2) is 27.8 Å². The maximum atomic E-state index is 12.0. The molecule has 110 valence electrons. The van der Waals surface area contributed by atoms with Crippen molar-refractivity contribution in [2.24, 2.45) is 0 Å². The minimum Gasteiger partial charge on any atom is -0.430 e. The number of anilines is 1. The summed E-state index contributed by atoms with van der Waals surface area (Å²) in [7, 11) is -4.47. The molecule has 20 heavy (non-hydrogen) atoms. The molecule has 1 heterocycles. The SMILES string of the molecule is CCS(=O)(=O)CCCS(=O)c1nc2cc(N)ccc2o1. The van der Waals surface area contributed by atoms with Gasteiger partial charge in [-0.25, -0.2) is 17.6 Å². The van der Waals surface area contributed by atoms with Gasteiger partial charge in [0.15, 0.2) is 5.58 Å². The Morgan fingerprint density at radius 1 is 1.40 bits per heavy atom. The van der Waals surface area contributed by atoms with E-state index in [1.165, 1.54) is 0 Å². The molecule has 6 nitrogen and oxygen atoms in total. The van der Waals surface area contributed by atoms with Crippen LogP contribution in [0.2, 0.25) is 0 Å². The quantitative estimate of drug-likeness (QED) is 0.807. The zero-order valence-corrected chi connectivity index (χ0v) is 12.7. The van der Waals surface area contributed by atoms with Crippen LogP contribution in [0.25, 0.3) is 11.1 Å². The second-order valence-electron chi connectivity index (χ2n) is 4.35.